The number of thioether (sulfide) groups is 1. The van der Waals surface area contributed by atoms with Gasteiger partial charge in [0.05, 0.1) is 17.9 Å². The van der Waals surface area contributed by atoms with E-state index in [9.17, 15) is 9.59 Å². The zero-order chi connectivity index (χ0) is 23.2. The van der Waals surface area contributed by atoms with Crippen LogP contribution in [0.25, 0.3) is 10.9 Å². The Morgan fingerprint density at radius 1 is 0.970 bits per heavy atom. The number of hydrogen-bond donors (Lipinski definition) is 1. The molecule has 0 unspecified atom stereocenters. The molecule has 0 saturated heterocycles. The van der Waals surface area contributed by atoms with E-state index in [-0.39, 0.29) is 17.6 Å². The van der Waals surface area contributed by atoms with Crippen LogP contribution >= 0.6 is 11.8 Å². The molecule has 6 heteroatoms. The highest BCUT2D eigenvalue weighted by atomic mass is 32.2. The van der Waals surface area contributed by atoms with Crippen molar-refractivity contribution in [2.75, 3.05) is 17.7 Å². The number of ether oxygens (including phenoxy) is 1. The molecule has 0 spiro atoms. The molecule has 0 radical (unpaired) electrons. The molecule has 33 heavy (non-hydrogen) atoms. The van der Waals surface area contributed by atoms with Crippen LogP contribution in [0.4, 0.5) is 5.69 Å². The lowest BCUT2D eigenvalue weighted by Crippen LogP contribution is -2.14. The summed E-state index contributed by atoms with van der Waals surface area (Å²) in [6.45, 7) is 4.96. The number of hydrogen-bond acceptors (Lipinski definition) is 4. The summed E-state index contributed by atoms with van der Waals surface area (Å²) in [6.07, 6.45) is 2.12. The molecule has 168 valence electrons. The van der Waals surface area contributed by atoms with Crippen LogP contribution in [-0.2, 0) is 16.1 Å². The van der Waals surface area contributed by atoms with E-state index in [1.165, 1.54) is 22.9 Å². The molecule has 3 aromatic carbocycles. The number of nitrogens with one attached hydrogen (secondary N) is 1. The van der Waals surface area contributed by atoms with Crippen molar-refractivity contribution < 1.29 is 14.3 Å². The van der Waals surface area contributed by atoms with Crippen molar-refractivity contribution in [3.63, 3.8) is 0 Å². The fourth-order valence-electron chi connectivity index (χ4n) is 3.59. The number of rotatable bonds is 8. The largest absolute Gasteiger partial charge is 0.462 e. The second-order valence-corrected chi connectivity index (χ2v) is 8.78. The van der Waals surface area contributed by atoms with Crippen molar-refractivity contribution in [3.8, 4) is 0 Å². The molecule has 1 N–H and O–H groups in total. The smallest absolute Gasteiger partial charge is 0.338 e. The third-order valence-electron chi connectivity index (χ3n) is 5.26. The van der Waals surface area contributed by atoms with E-state index < -0.39 is 0 Å². The Morgan fingerprint density at radius 2 is 1.70 bits per heavy atom. The molecule has 4 aromatic rings. The van der Waals surface area contributed by atoms with E-state index in [2.05, 4.69) is 59.4 Å². The molecule has 1 heterocycles. The van der Waals surface area contributed by atoms with Crippen LogP contribution in [-0.4, -0.2) is 28.8 Å². The normalized spacial score (nSPS) is 10.8. The zero-order valence-electron chi connectivity index (χ0n) is 18.7. The molecule has 5 nitrogen and oxygen atoms in total. The highest BCUT2D eigenvalue weighted by Crippen LogP contribution is 2.30. The first-order valence-electron chi connectivity index (χ1n) is 10.9. The lowest BCUT2D eigenvalue weighted by Gasteiger charge is -2.06. The van der Waals surface area contributed by atoms with Gasteiger partial charge in [-0.15, -0.1) is 11.8 Å². The topological polar surface area (TPSA) is 60.3 Å². The van der Waals surface area contributed by atoms with Crippen LogP contribution in [0, 0.1) is 6.92 Å². The standard InChI is InChI=1S/C27H26N2O3S/c1-3-32-27(31)21-12-14-22(15-13-21)28-26(30)18-33-25-17-29(24-7-5-4-6-23(24)25)16-20-10-8-19(2)9-11-20/h4-15,17H,3,16,18H2,1-2H3,(H,28,30). The van der Waals surface area contributed by atoms with Crippen molar-refractivity contribution >= 4 is 40.2 Å². The summed E-state index contributed by atoms with van der Waals surface area (Å²) in [5.41, 5.74) is 4.74. The molecule has 1 aromatic heterocycles. The van der Waals surface area contributed by atoms with Gasteiger partial charge in [-0.25, -0.2) is 4.79 Å². The number of para-hydroxylation sites is 1. The molecule has 0 aliphatic heterocycles. The molecule has 0 bridgehead atoms. The molecule has 0 aliphatic rings. The first-order chi connectivity index (χ1) is 16.0. The van der Waals surface area contributed by atoms with E-state index in [1.807, 2.05) is 12.1 Å². The maximum atomic E-state index is 12.5. The molecular weight excluding hydrogens is 432 g/mol. The van der Waals surface area contributed by atoms with Gasteiger partial charge in [-0.1, -0.05) is 48.0 Å². The molecule has 0 atom stereocenters. The van der Waals surface area contributed by atoms with E-state index in [4.69, 9.17) is 4.74 Å². The van der Waals surface area contributed by atoms with Crippen LogP contribution in [0.15, 0.2) is 83.9 Å². The Balaban J connectivity index is 1.42. The number of carbonyl (C=O) groups is 2. The Kier molecular flexibility index (Phi) is 7.15. The van der Waals surface area contributed by atoms with Crippen molar-refractivity contribution in [2.24, 2.45) is 0 Å². The van der Waals surface area contributed by atoms with Gasteiger partial charge < -0.3 is 14.6 Å². The van der Waals surface area contributed by atoms with Gasteiger partial charge in [0.15, 0.2) is 0 Å². The minimum Gasteiger partial charge on any atom is -0.462 e. The average Bonchev–Trinajstić information content (AvgIpc) is 3.17. The first kappa shape index (κ1) is 22.7. The van der Waals surface area contributed by atoms with Gasteiger partial charge >= 0.3 is 5.97 Å². The van der Waals surface area contributed by atoms with Gasteiger partial charge in [-0.3, -0.25) is 4.79 Å². The number of amides is 1. The van der Waals surface area contributed by atoms with Crippen LogP contribution in [0.2, 0.25) is 0 Å². The monoisotopic (exact) mass is 458 g/mol. The second kappa shape index (κ2) is 10.4. The summed E-state index contributed by atoms with van der Waals surface area (Å²) < 4.78 is 7.22. The summed E-state index contributed by atoms with van der Waals surface area (Å²) in [4.78, 5) is 25.4. The predicted octanol–water partition coefficient (Wildman–Crippen LogP) is 5.91. The second-order valence-electron chi connectivity index (χ2n) is 7.76. The molecular formula is C27H26N2O3S. The number of anilines is 1. The van der Waals surface area contributed by atoms with Crippen molar-refractivity contribution in [1.29, 1.82) is 0 Å². The number of nitrogens with zero attached hydrogens (tertiary/aromatic N) is 1. The minimum absolute atomic E-state index is 0.0979. The SMILES string of the molecule is CCOC(=O)c1ccc(NC(=O)CSc2cn(Cc3ccc(C)cc3)c3ccccc23)cc1. The van der Waals surface area contributed by atoms with Crippen molar-refractivity contribution in [3.05, 3.63) is 95.7 Å². The van der Waals surface area contributed by atoms with Gasteiger partial charge in [0.1, 0.15) is 0 Å². The third kappa shape index (κ3) is 5.65. The van der Waals surface area contributed by atoms with E-state index in [0.29, 0.717) is 17.9 Å². The Hall–Kier alpha value is -3.51. The van der Waals surface area contributed by atoms with E-state index in [1.54, 1.807) is 31.2 Å². The van der Waals surface area contributed by atoms with Crippen LogP contribution < -0.4 is 5.32 Å². The van der Waals surface area contributed by atoms with Gasteiger partial charge in [-0.05, 0) is 49.7 Å². The number of aromatic nitrogens is 1. The highest BCUT2D eigenvalue weighted by molar-refractivity contribution is 8.00. The Morgan fingerprint density at radius 3 is 2.42 bits per heavy atom. The number of aryl methyl sites for hydroxylation is 1. The van der Waals surface area contributed by atoms with Crippen LogP contribution in [0.5, 0.6) is 0 Å². The maximum Gasteiger partial charge on any atom is 0.338 e. The summed E-state index contributed by atoms with van der Waals surface area (Å²) in [6, 6.07) is 23.5. The van der Waals surface area contributed by atoms with Gasteiger partial charge in [0, 0.05) is 34.2 Å². The van der Waals surface area contributed by atoms with Crippen LogP contribution in [0.3, 0.4) is 0 Å². The number of esters is 1. The quantitative estimate of drug-likeness (QED) is 0.264. The van der Waals surface area contributed by atoms with Crippen LogP contribution in [0.1, 0.15) is 28.4 Å². The van der Waals surface area contributed by atoms with Gasteiger partial charge in [-0.2, -0.15) is 0 Å². The molecule has 0 fully saturated rings. The highest BCUT2D eigenvalue weighted by Gasteiger charge is 2.12. The Bertz CT molecular complexity index is 1260. The summed E-state index contributed by atoms with van der Waals surface area (Å²) >= 11 is 1.52. The third-order valence-corrected chi connectivity index (χ3v) is 6.31. The molecule has 0 saturated carbocycles. The van der Waals surface area contributed by atoms with Gasteiger partial charge in [0.2, 0.25) is 5.91 Å². The minimum atomic E-state index is -0.368. The average molecular weight is 459 g/mol. The van der Waals surface area contributed by atoms with E-state index >= 15 is 0 Å². The van der Waals surface area contributed by atoms with Gasteiger partial charge in [0.25, 0.3) is 0 Å². The number of benzene rings is 3. The fraction of sp³-hybridized carbons (Fsp3) is 0.185. The van der Waals surface area contributed by atoms with E-state index in [0.717, 1.165) is 22.3 Å². The lowest BCUT2D eigenvalue weighted by atomic mass is 10.1. The van der Waals surface area contributed by atoms with Crippen molar-refractivity contribution in [1.82, 2.24) is 4.57 Å². The number of carbonyl (C=O) groups excluding carboxylic acids is 2. The maximum absolute atomic E-state index is 12.5. The molecule has 4 rings (SSSR count). The summed E-state index contributed by atoms with van der Waals surface area (Å²) in [5.74, 6) is -0.176. The molecule has 0 aliphatic carbocycles. The summed E-state index contributed by atoms with van der Waals surface area (Å²) in [5, 5.41) is 4.03. The lowest BCUT2D eigenvalue weighted by molar-refractivity contribution is -0.113. The fourth-order valence-corrected chi connectivity index (χ4v) is 4.48. The predicted molar refractivity (Wildman–Crippen MR) is 134 cm³/mol. The first-order valence-corrected chi connectivity index (χ1v) is 11.9. The zero-order valence-corrected chi connectivity index (χ0v) is 19.5. The summed E-state index contributed by atoms with van der Waals surface area (Å²) in [7, 11) is 0. The molecule has 1 amide bonds. The number of fused-ring (bicyclic) bond motifs is 1. The van der Waals surface area contributed by atoms with Crippen molar-refractivity contribution in [2.45, 2.75) is 25.3 Å². The Labute approximate surface area is 197 Å².